The van der Waals surface area contributed by atoms with Crippen molar-refractivity contribution in [2.24, 2.45) is 0 Å². The van der Waals surface area contributed by atoms with Gasteiger partial charge in [-0.2, -0.15) is 0 Å². The van der Waals surface area contributed by atoms with Crippen molar-refractivity contribution in [2.75, 3.05) is 4.90 Å². The van der Waals surface area contributed by atoms with E-state index in [0.29, 0.717) is 0 Å². The molecule has 0 atom stereocenters. The molecule has 8 aromatic carbocycles. The van der Waals surface area contributed by atoms with Gasteiger partial charge >= 0.3 is 0 Å². The molecule has 0 N–H and O–H groups in total. The molecule has 0 unspecified atom stereocenters. The highest BCUT2D eigenvalue weighted by Gasteiger charge is 2.23. The van der Waals surface area contributed by atoms with Crippen LogP contribution in [0.15, 0.2) is 176 Å². The summed E-state index contributed by atoms with van der Waals surface area (Å²) in [6.07, 6.45) is 0. The van der Waals surface area contributed by atoms with Gasteiger partial charge in [0.15, 0.2) is 0 Å². The second-order valence-corrected chi connectivity index (χ2v) is 11.0. The molecule has 0 spiro atoms. The van der Waals surface area contributed by atoms with Crippen LogP contribution in [0.4, 0.5) is 17.1 Å². The summed E-state index contributed by atoms with van der Waals surface area (Å²) in [4.78, 5) is 2.47. The van der Waals surface area contributed by atoms with Crippen LogP contribution in [0.3, 0.4) is 0 Å². The Morgan fingerprint density at radius 2 is 0.884 bits per heavy atom. The molecule has 0 amide bonds. The van der Waals surface area contributed by atoms with Crippen molar-refractivity contribution in [3.63, 3.8) is 0 Å². The van der Waals surface area contributed by atoms with E-state index in [1.807, 2.05) is 0 Å². The molecule has 0 heterocycles. The first-order chi connectivity index (χ1) is 21.3. The molecule has 1 heteroatoms. The second-order valence-electron chi connectivity index (χ2n) is 11.0. The smallest absolute Gasteiger partial charge is 0.0547 e. The van der Waals surface area contributed by atoms with Crippen LogP contribution in [0.1, 0.15) is 0 Å². The SMILES string of the molecule is c1ccc(-c2ccccc2N(c2ccc3ccccc3c2-c2ccc3ccccc3c2)c2cccc3ccccc23)cc1. The van der Waals surface area contributed by atoms with Gasteiger partial charge in [0.1, 0.15) is 0 Å². The van der Waals surface area contributed by atoms with Crippen LogP contribution >= 0.6 is 0 Å². The molecule has 0 fully saturated rings. The molecule has 8 rings (SSSR count). The van der Waals surface area contributed by atoms with E-state index in [9.17, 15) is 0 Å². The van der Waals surface area contributed by atoms with E-state index in [-0.39, 0.29) is 0 Å². The monoisotopic (exact) mass is 547 g/mol. The predicted octanol–water partition coefficient (Wildman–Crippen LogP) is 11.9. The summed E-state index contributed by atoms with van der Waals surface area (Å²) in [5.41, 5.74) is 8.24. The molecule has 43 heavy (non-hydrogen) atoms. The minimum absolute atomic E-state index is 1.14. The van der Waals surface area contributed by atoms with Crippen molar-refractivity contribution < 1.29 is 0 Å². The van der Waals surface area contributed by atoms with Crippen LogP contribution in [0.5, 0.6) is 0 Å². The molecule has 202 valence electrons. The highest BCUT2D eigenvalue weighted by Crippen LogP contribution is 2.48. The Morgan fingerprint density at radius 1 is 0.302 bits per heavy atom. The summed E-state index contributed by atoms with van der Waals surface area (Å²) in [6, 6.07) is 63.6. The summed E-state index contributed by atoms with van der Waals surface area (Å²) in [7, 11) is 0. The van der Waals surface area contributed by atoms with Crippen LogP contribution in [0.25, 0.3) is 54.6 Å². The third-order valence-electron chi connectivity index (χ3n) is 8.42. The van der Waals surface area contributed by atoms with Gasteiger partial charge in [0, 0.05) is 16.5 Å². The lowest BCUT2D eigenvalue weighted by atomic mass is 9.92. The zero-order chi connectivity index (χ0) is 28.6. The van der Waals surface area contributed by atoms with Gasteiger partial charge in [0.2, 0.25) is 0 Å². The summed E-state index contributed by atoms with van der Waals surface area (Å²) in [6.45, 7) is 0. The molecular weight excluding hydrogens is 518 g/mol. The molecule has 0 radical (unpaired) electrons. The number of para-hydroxylation sites is 1. The molecule has 1 nitrogen and oxygen atoms in total. The number of anilines is 3. The van der Waals surface area contributed by atoms with E-state index in [4.69, 9.17) is 0 Å². The van der Waals surface area contributed by atoms with E-state index in [2.05, 4.69) is 181 Å². The first-order valence-electron chi connectivity index (χ1n) is 14.8. The lowest BCUT2D eigenvalue weighted by molar-refractivity contribution is 1.30. The first-order valence-corrected chi connectivity index (χ1v) is 14.8. The minimum atomic E-state index is 1.14. The van der Waals surface area contributed by atoms with Gasteiger partial charge in [0.25, 0.3) is 0 Å². The van der Waals surface area contributed by atoms with Crippen molar-refractivity contribution in [3.05, 3.63) is 176 Å². The standard InChI is InChI=1S/C42H29N/c1-2-14-31(15-3-1)36-21-10-11-23-39(36)43(40-24-12-19-32-16-6-8-20-37(32)40)41-28-27-33-17-7-9-22-38(33)42(41)35-26-25-30-13-4-5-18-34(30)29-35/h1-29H. The Labute approximate surface area is 251 Å². The molecule has 0 aliphatic rings. The second kappa shape index (κ2) is 10.6. The van der Waals surface area contributed by atoms with Crippen LogP contribution < -0.4 is 4.90 Å². The maximum atomic E-state index is 2.47. The summed E-state index contributed by atoms with van der Waals surface area (Å²) in [5, 5.41) is 7.37. The minimum Gasteiger partial charge on any atom is -0.309 e. The lowest BCUT2D eigenvalue weighted by Crippen LogP contribution is -2.13. The zero-order valence-corrected chi connectivity index (χ0v) is 23.7. The zero-order valence-electron chi connectivity index (χ0n) is 23.7. The fourth-order valence-electron chi connectivity index (χ4n) is 6.42. The van der Waals surface area contributed by atoms with Gasteiger partial charge in [-0.1, -0.05) is 152 Å². The fourth-order valence-corrected chi connectivity index (χ4v) is 6.42. The topological polar surface area (TPSA) is 3.24 Å². The van der Waals surface area contributed by atoms with Gasteiger partial charge in [0.05, 0.1) is 17.1 Å². The Bertz CT molecular complexity index is 2240. The maximum Gasteiger partial charge on any atom is 0.0547 e. The summed E-state index contributed by atoms with van der Waals surface area (Å²) >= 11 is 0. The van der Waals surface area contributed by atoms with Crippen LogP contribution in [0.2, 0.25) is 0 Å². The molecule has 0 saturated carbocycles. The number of nitrogens with zero attached hydrogens (tertiary/aromatic N) is 1. The number of hydrogen-bond donors (Lipinski definition) is 0. The largest absolute Gasteiger partial charge is 0.309 e. The van der Waals surface area contributed by atoms with Crippen molar-refractivity contribution in [1.82, 2.24) is 0 Å². The number of rotatable bonds is 5. The van der Waals surface area contributed by atoms with Crippen molar-refractivity contribution >= 4 is 49.4 Å². The third-order valence-corrected chi connectivity index (χ3v) is 8.42. The summed E-state index contributed by atoms with van der Waals surface area (Å²) < 4.78 is 0. The average Bonchev–Trinajstić information content (AvgIpc) is 3.09. The van der Waals surface area contributed by atoms with Crippen LogP contribution in [-0.4, -0.2) is 0 Å². The molecule has 0 saturated heterocycles. The number of benzene rings is 8. The van der Waals surface area contributed by atoms with Crippen LogP contribution in [0, 0.1) is 0 Å². The van der Waals surface area contributed by atoms with Crippen molar-refractivity contribution in [3.8, 4) is 22.3 Å². The van der Waals surface area contributed by atoms with Crippen molar-refractivity contribution in [1.29, 1.82) is 0 Å². The Balaban J connectivity index is 1.49. The molecular formula is C42H29N. The van der Waals surface area contributed by atoms with E-state index in [1.54, 1.807) is 0 Å². The quantitative estimate of drug-likeness (QED) is 0.207. The summed E-state index contributed by atoms with van der Waals surface area (Å²) in [5.74, 6) is 0. The van der Waals surface area contributed by atoms with Gasteiger partial charge < -0.3 is 4.90 Å². The van der Waals surface area contributed by atoms with Gasteiger partial charge in [-0.25, -0.2) is 0 Å². The molecule has 0 aliphatic carbocycles. The lowest BCUT2D eigenvalue weighted by Gasteiger charge is -2.31. The predicted molar refractivity (Wildman–Crippen MR) is 185 cm³/mol. The van der Waals surface area contributed by atoms with E-state index in [1.165, 1.54) is 54.6 Å². The fraction of sp³-hybridized carbons (Fsp3) is 0. The van der Waals surface area contributed by atoms with E-state index in [0.717, 1.165) is 17.1 Å². The maximum absolute atomic E-state index is 2.47. The molecule has 0 aromatic heterocycles. The van der Waals surface area contributed by atoms with E-state index >= 15 is 0 Å². The highest BCUT2D eigenvalue weighted by atomic mass is 15.1. The normalized spacial score (nSPS) is 11.3. The van der Waals surface area contributed by atoms with E-state index < -0.39 is 0 Å². The van der Waals surface area contributed by atoms with Crippen LogP contribution in [-0.2, 0) is 0 Å². The average molecular weight is 548 g/mol. The first kappa shape index (κ1) is 25.1. The Kier molecular flexibility index (Phi) is 6.20. The third kappa shape index (κ3) is 4.43. The Morgan fingerprint density at radius 3 is 1.72 bits per heavy atom. The molecule has 8 aromatic rings. The number of hydrogen-bond acceptors (Lipinski definition) is 1. The highest BCUT2D eigenvalue weighted by molar-refractivity contribution is 6.10. The Hall–Kier alpha value is -5.66. The van der Waals surface area contributed by atoms with Crippen molar-refractivity contribution in [2.45, 2.75) is 0 Å². The number of fused-ring (bicyclic) bond motifs is 3. The molecule has 0 aliphatic heterocycles. The molecule has 0 bridgehead atoms. The van der Waals surface area contributed by atoms with Gasteiger partial charge in [-0.3, -0.25) is 0 Å². The van der Waals surface area contributed by atoms with Gasteiger partial charge in [-0.15, -0.1) is 0 Å². The van der Waals surface area contributed by atoms with Gasteiger partial charge in [-0.05, 0) is 62.3 Å².